The highest BCUT2D eigenvalue weighted by Gasteiger charge is 2.42. The van der Waals surface area contributed by atoms with Crippen LogP contribution in [0.2, 0.25) is 0 Å². The summed E-state index contributed by atoms with van der Waals surface area (Å²) in [5.41, 5.74) is 0.491. The van der Waals surface area contributed by atoms with Crippen molar-refractivity contribution in [2.45, 2.75) is 32.3 Å². The maximum atomic E-state index is 12.0. The Labute approximate surface area is 124 Å². The Balaban J connectivity index is 1.87. The van der Waals surface area contributed by atoms with Gasteiger partial charge in [0.15, 0.2) is 6.10 Å². The Hall–Kier alpha value is -2.06. The van der Waals surface area contributed by atoms with Crippen molar-refractivity contribution < 1.29 is 14.6 Å². The third kappa shape index (κ3) is 3.96. The standard InChI is InChI=1S/C16H20N2O3/c1-12(21-14-5-3-2-4-13(14)10-17)15(20)18-11-16(6-7-16)8-9-19/h2-5,12,19H,6-9,11H2,1H3,(H,18,20). The van der Waals surface area contributed by atoms with Crippen molar-refractivity contribution in [3.63, 3.8) is 0 Å². The van der Waals surface area contributed by atoms with Crippen molar-refractivity contribution in [3.05, 3.63) is 29.8 Å². The van der Waals surface area contributed by atoms with Crippen molar-refractivity contribution in [2.24, 2.45) is 5.41 Å². The van der Waals surface area contributed by atoms with Crippen LogP contribution in [0.4, 0.5) is 0 Å². The Morgan fingerprint density at radius 2 is 2.24 bits per heavy atom. The summed E-state index contributed by atoms with van der Waals surface area (Å²) in [5, 5.41) is 20.9. The van der Waals surface area contributed by atoms with Crippen LogP contribution in [0.1, 0.15) is 31.7 Å². The first-order chi connectivity index (χ1) is 10.1. The smallest absolute Gasteiger partial charge is 0.260 e. The topological polar surface area (TPSA) is 82.3 Å². The van der Waals surface area contributed by atoms with Gasteiger partial charge in [0.05, 0.1) is 5.56 Å². The van der Waals surface area contributed by atoms with E-state index in [1.165, 1.54) is 0 Å². The molecule has 1 atom stereocenters. The summed E-state index contributed by atoms with van der Waals surface area (Å²) in [7, 11) is 0. The maximum absolute atomic E-state index is 12.0. The van der Waals surface area contributed by atoms with Crippen molar-refractivity contribution in [1.29, 1.82) is 5.26 Å². The number of rotatable bonds is 7. The predicted octanol–water partition coefficient (Wildman–Crippen LogP) is 1.60. The highest BCUT2D eigenvalue weighted by Crippen LogP contribution is 2.47. The summed E-state index contributed by atoms with van der Waals surface area (Å²) < 4.78 is 5.56. The van der Waals surface area contributed by atoms with Crippen LogP contribution in [0.15, 0.2) is 24.3 Å². The lowest BCUT2D eigenvalue weighted by atomic mass is 10.0. The van der Waals surface area contributed by atoms with E-state index in [1.54, 1.807) is 31.2 Å². The molecule has 1 aromatic rings. The van der Waals surface area contributed by atoms with Crippen LogP contribution >= 0.6 is 0 Å². The van der Waals surface area contributed by atoms with E-state index in [0.29, 0.717) is 17.9 Å². The molecule has 1 aliphatic rings. The van der Waals surface area contributed by atoms with Crippen LogP contribution in [0.25, 0.3) is 0 Å². The van der Waals surface area contributed by atoms with E-state index in [9.17, 15) is 4.79 Å². The highest BCUT2D eigenvalue weighted by atomic mass is 16.5. The lowest BCUT2D eigenvalue weighted by Crippen LogP contribution is -2.39. The van der Waals surface area contributed by atoms with Gasteiger partial charge in [-0.25, -0.2) is 0 Å². The third-order valence-corrected chi connectivity index (χ3v) is 3.92. The van der Waals surface area contributed by atoms with E-state index < -0.39 is 6.10 Å². The Morgan fingerprint density at radius 3 is 2.86 bits per heavy atom. The molecule has 112 valence electrons. The molecule has 21 heavy (non-hydrogen) atoms. The first-order valence-electron chi connectivity index (χ1n) is 7.14. The van der Waals surface area contributed by atoms with Gasteiger partial charge in [0.1, 0.15) is 11.8 Å². The average Bonchev–Trinajstić information content (AvgIpc) is 3.26. The first-order valence-corrected chi connectivity index (χ1v) is 7.14. The number of nitriles is 1. The van der Waals surface area contributed by atoms with Crippen molar-refractivity contribution >= 4 is 5.91 Å². The zero-order chi connectivity index (χ0) is 15.3. The van der Waals surface area contributed by atoms with Crippen LogP contribution in [0.5, 0.6) is 5.75 Å². The molecule has 0 heterocycles. The summed E-state index contributed by atoms with van der Waals surface area (Å²) in [4.78, 5) is 12.0. The molecule has 0 aliphatic heterocycles. The molecule has 0 saturated heterocycles. The Kier molecular flexibility index (Phi) is 4.81. The van der Waals surface area contributed by atoms with Crippen LogP contribution in [-0.4, -0.2) is 30.3 Å². The fraction of sp³-hybridized carbons (Fsp3) is 0.500. The Bertz CT molecular complexity index is 547. The van der Waals surface area contributed by atoms with Gasteiger partial charge in [0, 0.05) is 13.2 Å². The molecule has 1 amide bonds. The van der Waals surface area contributed by atoms with Crippen LogP contribution in [-0.2, 0) is 4.79 Å². The number of hydrogen-bond donors (Lipinski definition) is 2. The molecule has 1 saturated carbocycles. The van der Waals surface area contributed by atoms with Gasteiger partial charge >= 0.3 is 0 Å². The number of ether oxygens (including phenoxy) is 1. The highest BCUT2D eigenvalue weighted by molar-refractivity contribution is 5.80. The third-order valence-electron chi connectivity index (χ3n) is 3.92. The quantitative estimate of drug-likeness (QED) is 0.798. The fourth-order valence-electron chi connectivity index (χ4n) is 2.25. The van der Waals surface area contributed by atoms with Gasteiger partial charge in [-0.05, 0) is 43.7 Å². The largest absolute Gasteiger partial charge is 0.480 e. The normalized spacial score (nSPS) is 16.6. The molecule has 2 rings (SSSR count). The van der Waals surface area contributed by atoms with E-state index in [4.69, 9.17) is 15.1 Å². The summed E-state index contributed by atoms with van der Waals surface area (Å²) in [6.07, 6.45) is 2.14. The molecule has 0 bridgehead atoms. The minimum absolute atomic E-state index is 0.0781. The molecule has 2 N–H and O–H groups in total. The van der Waals surface area contributed by atoms with Crippen molar-refractivity contribution in [1.82, 2.24) is 5.32 Å². The van der Waals surface area contributed by atoms with E-state index in [2.05, 4.69) is 5.32 Å². The maximum Gasteiger partial charge on any atom is 0.260 e. The summed E-state index contributed by atoms with van der Waals surface area (Å²) in [6, 6.07) is 8.89. The van der Waals surface area contributed by atoms with Gasteiger partial charge in [-0.1, -0.05) is 12.1 Å². The second-order valence-electron chi connectivity index (χ2n) is 5.56. The van der Waals surface area contributed by atoms with E-state index in [-0.39, 0.29) is 17.9 Å². The molecule has 1 aromatic carbocycles. The van der Waals surface area contributed by atoms with E-state index in [1.807, 2.05) is 6.07 Å². The zero-order valence-electron chi connectivity index (χ0n) is 12.1. The second kappa shape index (κ2) is 6.59. The zero-order valence-corrected chi connectivity index (χ0v) is 12.1. The molecule has 0 radical (unpaired) electrons. The van der Waals surface area contributed by atoms with Gasteiger partial charge in [0.2, 0.25) is 0 Å². The number of carbonyl (C=O) groups excluding carboxylic acids is 1. The number of hydrogen-bond acceptors (Lipinski definition) is 4. The van der Waals surface area contributed by atoms with Gasteiger partial charge in [-0.15, -0.1) is 0 Å². The molecule has 0 spiro atoms. The average molecular weight is 288 g/mol. The molecule has 5 nitrogen and oxygen atoms in total. The number of para-hydroxylation sites is 1. The summed E-state index contributed by atoms with van der Waals surface area (Å²) in [6.45, 7) is 2.38. The SMILES string of the molecule is CC(Oc1ccccc1C#N)C(=O)NCC1(CCO)CC1. The number of nitrogens with zero attached hydrogens (tertiary/aromatic N) is 1. The van der Waals surface area contributed by atoms with Gasteiger partial charge in [0.25, 0.3) is 5.91 Å². The molecular formula is C16H20N2O3. The lowest BCUT2D eigenvalue weighted by Gasteiger charge is -2.18. The number of aliphatic hydroxyl groups is 1. The fourth-order valence-corrected chi connectivity index (χ4v) is 2.25. The van der Waals surface area contributed by atoms with Crippen molar-refractivity contribution in [2.75, 3.05) is 13.2 Å². The number of benzene rings is 1. The molecular weight excluding hydrogens is 268 g/mol. The number of amides is 1. The van der Waals surface area contributed by atoms with Gasteiger partial charge in [-0.2, -0.15) is 5.26 Å². The summed E-state index contributed by atoms with van der Waals surface area (Å²) in [5.74, 6) is 0.214. The number of nitrogens with one attached hydrogen (secondary N) is 1. The molecule has 1 unspecified atom stereocenters. The lowest BCUT2D eigenvalue weighted by molar-refractivity contribution is -0.127. The minimum Gasteiger partial charge on any atom is -0.480 e. The van der Waals surface area contributed by atoms with E-state index in [0.717, 1.165) is 19.3 Å². The number of carbonyl (C=O) groups is 1. The molecule has 5 heteroatoms. The Morgan fingerprint density at radius 1 is 1.52 bits per heavy atom. The number of aliphatic hydroxyl groups excluding tert-OH is 1. The minimum atomic E-state index is -0.663. The van der Waals surface area contributed by atoms with E-state index >= 15 is 0 Å². The summed E-state index contributed by atoms with van der Waals surface area (Å²) >= 11 is 0. The van der Waals surface area contributed by atoms with Gasteiger partial charge in [-0.3, -0.25) is 4.79 Å². The monoisotopic (exact) mass is 288 g/mol. The van der Waals surface area contributed by atoms with Gasteiger partial charge < -0.3 is 15.2 Å². The molecule has 1 fully saturated rings. The molecule has 1 aliphatic carbocycles. The van der Waals surface area contributed by atoms with Crippen LogP contribution in [0, 0.1) is 16.7 Å². The van der Waals surface area contributed by atoms with Crippen LogP contribution in [0.3, 0.4) is 0 Å². The first kappa shape index (κ1) is 15.3. The van der Waals surface area contributed by atoms with Crippen molar-refractivity contribution in [3.8, 4) is 11.8 Å². The van der Waals surface area contributed by atoms with Crippen LogP contribution < -0.4 is 10.1 Å². The predicted molar refractivity (Wildman–Crippen MR) is 77.6 cm³/mol. The molecule has 0 aromatic heterocycles. The second-order valence-corrected chi connectivity index (χ2v) is 5.56.